The molecule has 1 saturated carbocycles. The van der Waals surface area contributed by atoms with Gasteiger partial charge in [-0.25, -0.2) is 14.2 Å². The van der Waals surface area contributed by atoms with Gasteiger partial charge < -0.3 is 14.2 Å². The van der Waals surface area contributed by atoms with Crippen LogP contribution >= 0.6 is 23.2 Å². The highest BCUT2D eigenvalue weighted by molar-refractivity contribution is 6.33. The number of pyridine rings is 1. The van der Waals surface area contributed by atoms with Crippen molar-refractivity contribution >= 4 is 40.9 Å². The van der Waals surface area contributed by atoms with E-state index in [4.69, 9.17) is 37.4 Å². The molecule has 0 unspecified atom stereocenters. The zero-order valence-corrected chi connectivity index (χ0v) is 21.8. The molecule has 0 aliphatic heterocycles. The van der Waals surface area contributed by atoms with Gasteiger partial charge in [0.2, 0.25) is 5.78 Å². The average Bonchev–Trinajstić information content (AvgIpc) is 3.62. The summed E-state index contributed by atoms with van der Waals surface area (Å²) < 4.78 is 32.1. The minimum absolute atomic E-state index is 0.0184. The fraction of sp³-hybridized carbons (Fsp3) is 0.280. The van der Waals surface area contributed by atoms with Gasteiger partial charge in [0.15, 0.2) is 12.4 Å². The molecule has 2 aromatic heterocycles. The number of carbonyl (C=O) groups is 3. The van der Waals surface area contributed by atoms with Crippen molar-refractivity contribution < 1.29 is 33.0 Å². The number of ether oxygens (including phenoxy) is 3. The highest BCUT2D eigenvalue weighted by Crippen LogP contribution is 2.43. The summed E-state index contributed by atoms with van der Waals surface area (Å²) in [4.78, 5) is 40.8. The van der Waals surface area contributed by atoms with Gasteiger partial charge in [0, 0.05) is 31.2 Å². The van der Waals surface area contributed by atoms with E-state index in [1.165, 1.54) is 30.1 Å². The summed E-state index contributed by atoms with van der Waals surface area (Å²) in [6, 6.07) is 4.46. The van der Waals surface area contributed by atoms with Gasteiger partial charge >= 0.3 is 11.9 Å². The molecule has 196 valence electrons. The van der Waals surface area contributed by atoms with E-state index < -0.39 is 30.1 Å². The van der Waals surface area contributed by atoms with E-state index in [-0.39, 0.29) is 61.2 Å². The number of nitriles is 1. The van der Waals surface area contributed by atoms with Crippen molar-refractivity contribution in [3.63, 3.8) is 0 Å². The van der Waals surface area contributed by atoms with Crippen molar-refractivity contribution in [1.82, 2.24) is 14.8 Å². The highest BCUT2D eigenvalue weighted by Gasteiger charge is 2.31. The molecule has 4 rings (SSSR count). The predicted molar refractivity (Wildman–Crippen MR) is 133 cm³/mol. The summed E-state index contributed by atoms with van der Waals surface area (Å²) >= 11 is 12.5. The van der Waals surface area contributed by atoms with Gasteiger partial charge in [-0.1, -0.05) is 23.2 Å². The largest absolute Gasteiger partial charge is 0.489 e. The second-order valence-corrected chi connectivity index (χ2v) is 9.06. The number of benzene rings is 1. The van der Waals surface area contributed by atoms with Gasteiger partial charge in [0.25, 0.3) is 0 Å². The molecule has 1 aliphatic rings. The van der Waals surface area contributed by atoms with Crippen LogP contribution in [0.15, 0.2) is 18.3 Å². The first-order chi connectivity index (χ1) is 18.1. The summed E-state index contributed by atoms with van der Waals surface area (Å²) in [5.74, 6) is -3.19. The predicted octanol–water partition coefficient (Wildman–Crippen LogP) is 4.54. The van der Waals surface area contributed by atoms with Crippen LogP contribution in [0.4, 0.5) is 4.39 Å². The monoisotopic (exact) mass is 560 g/mol. The van der Waals surface area contributed by atoms with Crippen LogP contribution in [-0.2, 0) is 21.3 Å². The number of hydrogen-bond donors (Lipinski definition) is 0. The van der Waals surface area contributed by atoms with Crippen LogP contribution in [0.25, 0.3) is 22.5 Å². The van der Waals surface area contributed by atoms with E-state index in [9.17, 15) is 19.6 Å². The molecule has 1 aliphatic carbocycles. The molecule has 1 aromatic carbocycles. The Morgan fingerprint density at radius 1 is 1.26 bits per heavy atom. The van der Waals surface area contributed by atoms with Crippen LogP contribution in [0, 0.1) is 17.1 Å². The van der Waals surface area contributed by atoms with Gasteiger partial charge in [-0.05, 0) is 18.9 Å². The summed E-state index contributed by atoms with van der Waals surface area (Å²) in [7, 11) is 2.61. The summed E-state index contributed by atoms with van der Waals surface area (Å²) in [5.41, 5.74) is -0.595. The molecule has 2 heterocycles. The number of aryl methyl sites for hydroxylation is 1. The molecule has 0 spiro atoms. The molecule has 0 amide bonds. The van der Waals surface area contributed by atoms with E-state index in [0.29, 0.717) is 0 Å². The molecular weight excluding hydrogens is 542 g/mol. The van der Waals surface area contributed by atoms with E-state index in [0.717, 1.165) is 26.9 Å². The highest BCUT2D eigenvalue weighted by atomic mass is 35.5. The minimum Gasteiger partial charge on any atom is -0.489 e. The Bertz CT molecular complexity index is 1530. The third kappa shape index (κ3) is 5.18. The molecule has 0 atom stereocenters. The van der Waals surface area contributed by atoms with Crippen molar-refractivity contribution in [2.75, 3.05) is 13.7 Å². The Morgan fingerprint density at radius 3 is 2.58 bits per heavy atom. The van der Waals surface area contributed by atoms with Crippen LogP contribution in [0.3, 0.4) is 0 Å². The van der Waals surface area contributed by atoms with Crippen molar-refractivity contribution in [3.8, 4) is 34.3 Å². The minimum atomic E-state index is -0.943. The number of hydrogen-bond acceptors (Lipinski definition) is 9. The molecule has 0 radical (unpaired) electrons. The quantitative estimate of drug-likeness (QED) is 0.221. The number of esters is 2. The van der Waals surface area contributed by atoms with Gasteiger partial charge in [-0.2, -0.15) is 10.4 Å². The van der Waals surface area contributed by atoms with E-state index in [2.05, 4.69) is 10.1 Å². The molecule has 0 saturated heterocycles. The summed E-state index contributed by atoms with van der Waals surface area (Å²) in [6.07, 6.45) is 2.82. The Balaban J connectivity index is 1.94. The topological polar surface area (TPSA) is 133 Å². The number of methoxy groups -OCH3 is 1. The lowest BCUT2D eigenvalue weighted by Gasteiger charge is -2.16. The van der Waals surface area contributed by atoms with Crippen molar-refractivity contribution in [2.24, 2.45) is 7.05 Å². The number of ketones is 1. The smallest absolute Gasteiger partial charge is 0.341 e. The first kappa shape index (κ1) is 27.0. The molecule has 10 nitrogen and oxygen atoms in total. The lowest BCUT2D eigenvalue weighted by atomic mass is 9.97. The Kier molecular flexibility index (Phi) is 7.66. The molecular formula is C25H19Cl2FN4O6. The zero-order valence-electron chi connectivity index (χ0n) is 20.3. The summed E-state index contributed by atoms with van der Waals surface area (Å²) in [6.45, 7) is 0.442. The fourth-order valence-corrected chi connectivity index (χ4v) is 4.19. The molecule has 13 heteroatoms. The van der Waals surface area contributed by atoms with Crippen molar-refractivity contribution in [2.45, 2.75) is 25.9 Å². The normalized spacial score (nSPS) is 12.6. The van der Waals surface area contributed by atoms with Crippen LogP contribution in [-0.4, -0.2) is 52.3 Å². The second-order valence-electron chi connectivity index (χ2n) is 8.30. The zero-order chi connectivity index (χ0) is 27.7. The maximum Gasteiger partial charge on any atom is 0.341 e. The number of aromatic nitrogens is 3. The van der Waals surface area contributed by atoms with E-state index in [1.54, 1.807) is 0 Å². The fourth-order valence-electron chi connectivity index (χ4n) is 3.73. The molecule has 38 heavy (non-hydrogen) atoms. The van der Waals surface area contributed by atoms with E-state index >= 15 is 4.39 Å². The van der Waals surface area contributed by atoms with Crippen LogP contribution in [0.1, 0.15) is 46.0 Å². The standard InChI is InChI=1S/C25H19Cl2FN4O6/c1-11(33)37-10-18(34)13-6-17(31-24(27)21(13)25(35)36-3)15-9-30-32(2)23(15)20-14(8-29)19(38-12-4-5-12)7-16(26)22(20)28/h6-7,9,12H,4-5,10H2,1-3H3. The van der Waals surface area contributed by atoms with Crippen molar-refractivity contribution in [3.05, 3.63) is 51.0 Å². The van der Waals surface area contributed by atoms with Crippen molar-refractivity contribution in [1.29, 1.82) is 5.26 Å². The SMILES string of the molecule is COC(=O)c1c(C(=O)COC(C)=O)cc(-c2cnn(C)c2-c2c(F)c(Cl)cc(OC3CC3)c2C#N)nc1Cl. The number of Topliss-reactive ketones (excluding diaryl/α,β-unsaturated/α-hetero) is 1. The molecule has 0 bridgehead atoms. The van der Waals surface area contributed by atoms with Gasteiger partial charge in [-0.3, -0.25) is 14.3 Å². The van der Waals surface area contributed by atoms with Crippen LogP contribution in [0.2, 0.25) is 10.2 Å². The Morgan fingerprint density at radius 2 is 1.97 bits per heavy atom. The lowest BCUT2D eigenvalue weighted by Crippen LogP contribution is -2.18. The lowest BCUT2D eigenvalue weighted by molar-refractivity contribution is -0.139. The van der Waals surface area contributed by atoms with Gasteiger partial charge in [0.1, 0.15) is 28.1 Å². The number of nitrogens with zero attached hydrogens (tertiary/aromatic N) is 4. The van der Waals surface area contributed by atoms with E-state index in [1.807, 2.05) is 6.07 Å². The summed E-state index contributed by atoms with van der Waals surface area (Å²) in [5, 5.41) is 13.5. The molecule has 1 fully saturated rings. The second kappa shape index (κ2) is 10.8. The average molecular weight is 561 g/mol. The first-order valence-electron chi connectivity index (χ1n) is 11.1. The van der Waals surface area contributed by atoms with Gasteiger partial charge in [-0.15, -0.1) is 0 Å². The molecule has 3 aromatic rings. The van der Waals surface area contributed by atoms with Crippen LogP contribution in [0.5, 0.6) is 5.75 Å². The Hall–Kier alpha value is -4.01. The maximum atomic E-state index is 15.5. The number of halogens is 3. The number of carbonyl (C=O) groups excluding carboxylic acids is 3. The molecule has 0 N–H and O–H groups in total. The Labute approximate surface area is 225 Å². The maximum absolute atomic E-state index is 15.5. The third-order valence-corrected chi connectivity index (χ3v) is 6.19. The number of rotatable bonds is 8. The first-order valence-corrected chi connectivity index (χ1v) is 11.9. The third-order valence-electron chi connectivity index (χ3n) is 5.64. The van der Waals surface area contributed by atoms with Gasteiger partial charge in [0.05, 0.1) is 41.4 Å². The van der Waals surface area contributed by atoms with Crippen LogP contribution < -0.4 is 4.74 Å².